The molecule has 0 spiro atoms. The van der Waals surface area contributed by atoms with E-state index in [0.29, 0.717) is 87.7 Å². The van der Waals surface area contributed by atoms with Gasteiger partial charge in [-0.1, -0.05) is 72.8 Å². The van der Waals surface area contributed by atoms with Crippen LogP contribution in [-0.4, -0.2) is 0 Å². The zero-order chi connectivity index (χ0) is 69.9. The first kappa shape index (κ1) is 67.9. The monoisotopic (exact) mass is 1340 g/mol. The molecule has 0 aromatic heterocycles. The maximum atomic E-state index is 14.3. The van der Waals surface area contributed by atoms with E-state index in [-0.39, 0.29) is 101 Å². The van der Waals surface area contributed by atoms with Crippen LogP contribution in [0.25, 0.3) is 33.4 Å². The predicted octanol–water partition coefficient (Wildman–Crippen LogP) is 22.6. The molecule has 0 unspecified atom stereocenters. The number of fused-ring (bicyclic) bond motifs is 13. The zero-order valence-corrected chi connectivity index (χ0v) is 52.7. The molecule has 0 amide bonds. The van der Waals surface area contributed by atoms with Gasteiger partial charge in [0.15, 0.2) is 92.8 Å². The molecule has 0 saturated heterocycles. The summed E-state index contributed by atoms with van der Waals surface area (Å²) in [6, 6.07) is 21.5. The molecule has 0 atom stereocenters. The summed E-state index contributed by atoms with van der Waals surface area (Å²) in [4.78, 5) is 0. The first-order chi connectivity index (χ1) is 45.2. The normalized spacial score (nSPS) is 13.2. The van der Waals surface area contributed by atoms with Crippen LogP contribution in [0.1, 0.15) is 111 Å². The average Bonchev–Trinajstić information content (AvgIpc) is 1.51. The summed E-state index contributed by atoms with van der Waals surface area (Å²) in [5.41, 5.74) is 4.75. The Kier molecular flexibility index (Phi) is 17.9. The van der Waals surface area contributed by atoms with Crippen LogP contribution < -0.4 is 9.47 Å². The summed E-state index contributed by atoms with van der Waals surface area (Å²) in [5.74, 6) is -19.4. The first-order valence-electron chi connectivity index (χ1n) is 29.9. The van der Waals surface area contributed by atoms with Gasteiger partial charge in [-0.25, -0.2) is 61.5 Å². The Morgan fingerprint density at radius 3 is 0.802 bits per heavy atom. The molecule has 15 rings (SSSR count). The van der Waals surface area contributed by atoms with Crippen LogP contribution in [0.5, 0.6) is 23.0 Å². The van der Waals surface area contributed by atoms with Crippen molar-refractivity contribution in [2.45, 2.75) is 107 Å². The van der Waals surface area contributed by atoms with Crippen molar-refractivity contribution in [2.24, 2.45) is 0 Å². The molecule has 0 fully saturated rings. The highest BCUT2D eigenvalue weighted by Gasteiger charge is 2.49. The Labute approximate surface area is 539 Å². The van der Waals surface area contributed by atoms with E-state index >= 15 is 0 Å². The number of ether oxygens (including phenoxy) is 2. The van der Waals surface area contributed by atoms with Crippen molar-refractivity contribution in [1.29, 1.82) is 0 Å². The fourth-order valence-corrected chi connectivity index (χ4v) is 12.7. The van der Waals surface area contributed by atoms with Crippen LogP contribution in [-0.2, 0) is 38.0 Å². The second-order valence-electron chi connectivity index (χ2n) is 24.5. The minimum absolute atomic E-state index is 0.00495. The predicted molar refractivity (Wildman–Crippen MR) is 327 cm³/mol. The molecule has 10 aromatic rings. The molecule has 20 heteroatoms. The Morgan fingerprint density at radius 2 is 0.479 bits per heavy atom. The van der Waals surface area contributed by atoms with Gasteiger partial charge in [0.2, 0.25) is 11.6 Å². The first-order valence-corrected chi connectivity index (χ1v) is 29.9. The zero-order valence-electron chi connectivity index (χ0n) is 52.7. The average molecular weight is 1340 g/mol. The highest BCUT2D eigenvalue weighted by molar-refractivity contribution is 5.81. The van der Waals surface area contributed by atoms with Gasteiger partial charge in [0.1, 0.15) is 11.6 Å². The van der Waals surface area contributed by atoms with Gasteiger partial charge in [0, 0.05) is 57.3 Å². The SMILES string of the molecule is Cc1cc2c(c(F)c1F)-c1c(cc(C)c(F)c1F)C2.Cc1cc2c(c(F)c1F)-c1c(cc(C)c(F)c1F)CC2.Cc1cc2c(c(F)c1F)Oc1c(ccc(C)c1F)C2.Cc1cc2c(c(F)c1F)Oc1c(ccc(C)c1F)C2.Cc1ccc2c(c1F)C(F)(F)c1c-2ccc(C)c1F. The Bertz CT molecular complexity index is 4670. The molecule has 5 aliphatic rings. The number of hydrogen-bond donors (Lipinski definition) is 0. The van der Waals surface area contributed by atoms with E-state index in [1.165, 1.54) is 116 Å². The van der Waals surface area contributed by atoms with E-state index in [0.717, 1.165) is 0 Å². The molecule has 0 bridgehead atoms. The maximum absolute atomic E-state index is 14.3. The molecule has 10 aromatic carbocycles. The summed E-state index contributed by atoms with van der Waals surface area (Å²) in [5, 5.41) is 0. The highest BCUT2D eigenvalue weighted by atomic mass is 19.3. The minimum Gasteiger partial charge on any atom is -0.450 e. The van der Waals surface area contributed by atoms with Gasteiger partial charge in [-0.15, -0.1) is 0 Å². The standard InChI is InChI=1S/C16H12F4.2C15H10F4.2C15H11F3O/c1-7-5-9-3-4-10-6-8(2)14(18)16(20)12(10)11(9)15(19)13(7)17;1-6-3-8-5-9-4-7(2)13(17)15(19)11(9)10(8)14(18)12(6)16;1-7-3-5-9-10-6-4-8(2)14(17)12(10)15(18,19)11(9)13(7)16;2*1-7-3-4-9-6-10-5-8(2)11(16)13(18)15(10)19-14(9)12(7)17/h5-6H,3-4H2,1-2H3;3-4H,5H2,1-2H3;3-6H,1-2H3;2*3-5H,6H2,1-2H3. The van der Waals surface area contributed by atoms with Gasteiger partial charge < -0.3 is 9.47 Å². The number of rotatable bonds is 0. The minimum atomic E-state index is -3.63. The van der Waals surface area contributed by atoms with Gasteiger partial charge >= 0.3 is 5.92 Å². The Hall–Kier alpha value is -9.46. The molecule has 2 heterocycles. The van der Waals surface area contributed by atoms with Crippen molar-refractivity contribution in [3.8, 4) is 56.4 Å². The van der Waals surface area contributed by atoms with Crippen molar-refractivity contribution < 1.29 is 88.5 Å². The van der Waals surface area contributed by atoms with E-state index in [2.05, 4.69) is 0 Å². The van der Waals surface area contributed by atoms with Crippen LogP contribution in [0.15, 0.2) is 84.9 Å². The molecular formula is C76H54F18O2. The van der Waals surface area contributed by atoms with E-state index in [1.807, 2.05) is 0 Å². The number of aryl methyl sites for hydroxylation is 12. The van der Waals surface area contributed by atoms with Gasteiger partial charge in [-0.2, -0.15) is 17.6 Å². The smallest absolute Gasteiger partial charge is 0.305 e. The summed E-state index contributed by atoms with van der Waals surface area (Å²) in [6.07, 6.45) is 1.94. The second kappa shape index (κ2) is 25.3. The largest absolute Gasteiger partial charge is 0.450 e. The second-order valence-corrected chi connectivity index (χ2v) is 24.5. The van der Waals surface area contributed by atoms with Gasteiger partial charge in [0.05, 0.1) is 11.1 Å². The van der Waals surface area contributed by atoms with Gasteiger partial charge in [-0.05, 0) is 190 Å². The number of benzene rings is 10. The lowest BCUT2D eigenvalue weighted by atomic mass is 9.83. The molecule has 2 nitrogen and oxygen atoms in total. The number of alkyl halides is 2. The molecule has 96 heavy (non-hydrogen) atoms. The quantitative estimate of drug-likeness (QED) is 0.141. The lowest BCUT2D eigenvalue weighted by molar-refractivity contribution is 0.0402. The van der Waals surface area contributed by atoms with E-state index in [4.69, 9.17) is 9.47 Å². The molecule has 0 saturated carbocycles. The summed E-state index contributed by atoms with van der Waals surface area (Å²) in [7, 11) is 0. The van der Waals surface area contributed by atoms with Gasteiger partial charge in [0.25, 0.3) is 0 Å². The third-order valence-electron chi connectivity index (χ3n) is 17.8. The molecule has 496 valence electrons. The third-order valence-corrected chi connectivity index (χ3v) is 17.8. The lowest BCUT2D eigenvalue weighted by Gasteiger charge is -2.23. The van der Waals surface area contributed by atoms with Crippen molar-refractivity contribution in [2.75, 3.05) is 0 Å². The van der Waals surface area contributed by atoms with Crippen LogP contribution in [0.4, 0.5) is 79.0 Å². The molecule has 0 radical (unpaired) electrons. The molecular weight excluding hydrogens is 1290 g/mol. The fourth-order valence-electron chi connectivity index (χ4n) is 12.7. The van der Waals surface area contributed by atoms with Crippen molar-refractivity contribution in [3.63, 3.8) is 0 Å². The summed E-state index contributed by atoms with van der Waals surface area (Å²) in [6.45, 7) is 14.8. The topological polar surface area (TPSA) is 18.5 Å². The van der Waals surface area contributed by atoms with E-state index < -0.39 is 110 Å². The van der Waals surface area contributed by atoms with Crippen molar-refractivity contribution in [1.82, 2.24) is 0 Å². The maximum Gasteiger partial charge on any atom is 0.305 e. The Morgan fingerprint density at radius 1 is 0.240 bits per heavy atom. The highest BCUT2D eigenvalue weighted by Crippen LogP contribution is 2.54. The van der Waals surface area contributed by atoms with Gasteiger partial charge in [-0.3, -0.25) is 0 Å². The third kappa shape index (κ3) is 11.4. The van der Waals surface area contributed by atoms with E-state index in [1.54, 1.807) is 38.1 Å². The van der Waals surface area contributed by atoms with E-state index in [9.17, 15) is 79.0 Å². The molecule has 2 aliphatic heterocycles. The van der Waals surface area contributed by atoms with Crippen LogP contribution in [0, 0.1) is 162 Å². The number of hydrogen-bond acceptors (Lipinski definition) is 2. The number of halogens is 18. The molecule has 3 aliphatic carbocycles. The Balaban J connectivity index is 0.000000122. The molecule has 0 N–H and O–H groups in total. The van der Waals surface area contributed by atoms with Crippen molar-refractivity contribution >= 4 is 0 Å². The lowest BCUT2D eigenvalue weighted by Crippen LogP contribution is -2.16. The van der Waals surface area contributed by atoms with Crippen molar-refractivity contribution in [3.05, 3.63) is 289 Å². The van der Waals surface area contributed by atoms with Crippen LogP contribution in [0.2, 0.25) is 0 Å². The fraction of sp³-hybridized carbons (Fsp3) is 0.211. The summed E-state index contributed by atoms with van der Waals surface area (Å²) < 4.78 is 261. The van der Waals surface area contributed by atoms with Crippen LogP contribution >= 0.6 is 0 Å². The van der Waals surface area contributed by atoms with Crippen LogP contribution in [0.3, 0.4) is 0 Å². The summed E-state index contributed by atoms with van der Waals surface area (Å²) >= 11 is 0.